The Balaban J connectivity index is 2.16. The van der Waals surface area contributed by atoms with Crippen molar-refractivity contribution < 1.29 is 18.3 Å². The average Bonchev–Trinajstić information content (AvgIpc) is 3.14. The van der Waals surface area contributed by atoms with E-state index in [1.54, 1.807) is 16.3 Å². The molecule has 0 aromatic carbocycles. The van der Waals surface area contributed by atoms with Gasteiger partial charge in [-0.25, -0.2) is 17.9 Å². The molecule has 0 amide bonds. The first kappa shape index (κ1) is 16.4. The van der Waals surface area contributed by atoms with E-state index in [0.29, 0.717) is 6.54 Å². The molecule has 21 heavy (non-hydrogen) atoms. The number of thioether (sulfide) groups is 1. The van der Waals surface area contributed by atoms with Gasteiger partial charge in [-0.2, -0.15) is 11.8 Å². The third-order valence-electron chi connectivity index (χ3n) is 3.37. The summed E-state index contributed by atoms with van der Waals surface area (Å²) >= 11 is 1.66. The number of aromatic carboxylic acids is 1. The Morgan fingerprint density at radius 2 is 2.24 bits per heavy atom. The van der Waals surface area contributed by atoms with Crippen LogP contribution >= 0.6 is 11.8 Å². The van der Waals surface area contributed by atoms with E-state index in [2.05, 4.69) is 4.72 Å². The van der Waals surface area contributed by atoms with E-state index in [9.17, 15) is 18.3 Å². The minimum Gasteiger partial charge on any atom is -0.477 e. The lowest BCUT2D eigenvalue weighted by atomic mass is 10.2. The van der Waals surface area contributed by atoms with Crippen molar-refractivity contribution in [1.29, 1.82) is 0 Å². The smallest absolute Gasteiger partial charge is 0.352 e. The van der Waals surface area contributed by atoms with Crippen LogP contribution in [0.4, 0.5) is 0 Å². The summed E-state index contributed by atoms with van der Waals surface area (Å²) in [6.45, 7) is 2.32. The molecule has 0 saturated heterocycles. The number of hydrogen-bond donors (Lipinski definition) is 2. The molecule has 0 aliphatic heterocycles. The fourth-order valence-electron chi connectivity index (χ4n) is 2.11. The van der Waals surface area contributed by atoms with Gasteiger partial charge in [0.05, 0.1) is 0 Å². The molecule has 1 atom stereocenters. The standard InChI is InChI=1S/C13H20N2O4S2/c1-9(8-20-2)6-14-21(18,19)11-5-12(13(16)17)15(7-11)10-3-4-10/h5,7,9-10,14H,3-4,6,8H2,1-2H3,(H,16,17). The van der Waals surface area contributed by atoms with Crippen LogP contribution in [0, 0.1) is 5.92 Å². The summed E-state index contributed by atoms with van der Waals surface area (Å²) in [6.07, 6.45) is 5.20. The van der Waals surface area contributed by atoms with Crippen LogP contribution in [0.5, 0.6) is 0 Å². The zero-order valence-electron chi connectivity index (χ0n) is 12.1. The molecule has 1 fully saturated rings. The molecule has 2 rings (SSSR count). The van der Waals surface area contributed by atoms with Crippen LogP contribution in [0.25, 0.3) is 0 Å². The van der Waals surface area contributed by atoms with Crippen molar-refractivity contribution in [3.63, 3.8) is 0 Å². The molecule has 8 heteroatoms. The van der Waals surface area contributed by atoms with Crippen LogP contribution in [0.1, 0.15) is 36.3 Å². The summed E-state index contributed by atoms with van der Waals surface area (Å²) in [7, 11) is -3.66. The van der Waals surface area contributed by atoms with Crippen LogP contribution in [0.3, 0.4) is 0 Å². The number of aromatic nitrogens is 1. The number of nitrogens with one attached hydrogen (secondary N) is 1. The summed E-state index contributed by atoms with van der Waals surface area (Å²) < 4.78 is 28.6. The maximum atomic E-state index is 12.2. The average molecular weight is 332 g/mol. The molecule has 1 aromatic heterocycles. The molecule has 6 nitrogen and oxygen atoms in total. The highest BCUT2D eigenvalue weighted by molar-refractivity contribution is 7.98. The van der Waals surface area contributed by atoms with Crippen molar-refractivity contribution in [2.45, 2.75) is 30.7 Å². The molecule has 1 unspecified atom stereocenters. The number of rotatable bonds is 8. The van der Waals surface area contributed by atoms with Gasteiger partial charge in [-0.1, -0.05) is 6.92 Å². The normalized spacial score (nSPS) is 16.9. The fourth-order valence-corrected chi connectivity index (χ4v) is 3.98. The second-order valence-corrected chi connectivity index (χ2v) is 8.09. The second-order valence-electron chi connectivity index (χ2n) is 5.42. The van der Waals surface area contributed by atoms with Crippen LogP contribution in [0.15, 0.2) is 17.2 Å². The molecular formula is C13H20N2O4S2. The van der Waals surface area contributed by atoms with Crippen molar-refractivity contribution >= 4 is 27.8 Å². The molecule has 0 radical (unpaired) electrons. The van der Waals surface area contributed by atoms with Gasteiger partial charge in [-0.3, -0.25) is 0 Å². The van der Waals surface area contributed by atoms with Crippen molar-refractivity contribution in [3.05, 3.63) is 18.0 Å². The molecule has 1 saturated carbocycles. The molecule has 1 aliphatic rings. The molecule has 0 bridgehead atoms. The van der Waals surface area contributed by atoms with Gasteiger partial charge in [-0.05, 0) is 36.8 Å². The Labute approximate surface area is 129 Å². The summed E-state index contributed by atoms with van der Waals surface area (Å²) in [5, 5.41) is 9.17. The first-order valence-electron chi connectivity index (χ1n) is 6.79. The Kier molecular flexibility index (Phi) is 5.00. The molecule has 1 aromatic rings. The Hall–Kier alpha value is -0.990. The second kappa shape index (κ2) is 6.41. The highest BCUT2D eigenvalue weighted by Crippen LogP contribution is 2.37. The van der Waals surface area contributed by atoms with E-state index in [0.717, 1.165) is 18.6 Å². The molecule has 2 N–H and O–H groups in total. The molecular weight excluding hydrogens is 312 g/mol. The lowest BCUT2D eigenvalue weighted by Gasteiger charge is -2.10. The number of carbonyl (C=O) groups is 1. The predicted octanol–water partition coefficient (Wildman–Crippen LogP) is 1.80. The van der Waals surface area contributed by atoms with Gasteiger partial charge in [0.1, 0.15) is 10.6 Å². The summed E-state index contributed by atoms with van der Waals surface area (Å²) in [5.74, 6) is -0.00949. The van der Waals surface area contributed by atoms with E-state index >= 15 is 0 Å². The maximum Gasteiger partial charge on any atom is 0.352 e. The minimum atomic E-state index is -3.66. The van der Waals surface area contributed by atoms with E-state index in [4.69, 9.17) is 0 Å². The SMILES string of the molecule is CSCC(C)CNS(=O)(=O)c1cc(C(=O)O)n(C2CC2)c1. The zero-order chi connectivity index (χ0) is 15.6. The quantitative estimate of drug-likeness (QED) is 0.758. The topological polar surface area (TPSA) is 88.4 Å². The largest absolute Gasteiger partial charge is 0.477 e. The van der Waals surface area contributed by atoms with Crippen LogP contribution in [-0.4, -0.2) is 42.6 Å². The number of nitrogens with zero attached hydrogens (tertiary/aromatic N) is 1. The van der Waals surface area contributed by atoms with Crippen molar-refractivity contribution in [2.75, 3.05) is 18.6 Å². The lowest BCUT2D eigenvalue weighted by molar-refractivity contribution is 0.0685. The van der Waals surface area contributed by atoms with E-state index in [-0.39, 0.29) is 22.5 Å². The van der Waals surface area contributed by atoms with Gasteiger partial charge in [0.15, 0.2) is 0 Å². The van der Waals surface area contributed by atoms with E-state index < -0.39 is 16.0 Å². The molecule has 118 valence electrons. The Bertz CT molecular complexity index is 620. The van der Waals surface area contributed by atoms with E-state index in [1.165, 1.54) is 12.3 Å². The van der Waals surface area contributed by atoms with Gasteiger partial charge in [0, 0.05) is 18.8 Å². The van der Waals surface area contributed by atoms with E-state index in [1.807, 2.05) is 13.2 Å². The van der Waals surface area contributed by atoms with Crippen molar-refractivity contribution in [3.8, 4) is 0 Å². The minimum absolute atomic E-state index is 0.0307. The first-order chi connectivity index (χ1) is 9.85. The van der Waals surface area contributed by atoms with Gasteiger partial charge >= 0.3 is 5.97 Å². The lowest BCUT2D eigenvalue weighted by Crippen LogP contribution is -2.29. The van der Waals surface area contributed by atoms with Crippen molar-refractivity contribution in [1.82, 2.24) is 9.29 Å². The summed E-state index contributed by atoms with van der Waals surface area (Å²) in [5.41, 5.74) is 0.0371. The van der Waals surface area contributed by atoms with Crippen LogP contribution < -0.4 is 4.72 Å². The molecule has 0 spiro atoms. The first-order valence-corrected chi connectivity index (χ1v) is 9.66. The van der Waals surface area contributed by atoms with Crippen molar-refractivity contribution in [2.24, 2.45) is 5.92 Å². The highest BCUT2D eigenvalue weighted by Gasteiger charge is 2.30. The number of carboxylic acids is 1. The third-order valence-corrected chi connectivity index (χ3v) is 5.66. The Morgan fingerprint density at radius 3 is 2.76 bits per heavy atom. The molecule has 1 aliphatic carbocycles. The highest BCUT2D eigenvalue weighted by atomic mass is 32.2. The number of hydrogen-bond acceptors (Lipinski definition) is 4. The predicted molar refractivity (Wildman–Crippen MR) is 82.4 cm³/mol. The number of carboxylic acid groups (broad SMARTS) is 1. The maximum absolute atomic E-state index is 12.2. The fraction of sp³-hybridized carbons (Fsp3) is 0.615. The van der Waals surface area contributed by atoms with Crippen LogP contribution in [-0.2, 0) is 10.0 Å². The van der Waals surface area contributed by atoms with Gasteiger partial charge in [0.2, 0.25) is 10.0 Å². The third kappa shape index (κ3) is 4.02. The van der Waals surface area contributed by atoms with Gasteiger partial charge < -0.3 is 9.67 Å². The monoisotopic (exact) mass is 332 g/mol. The molecule has 1 heterocycles. The number of sulfonamides is 1. The van der Waals surface area contributed by atoms with Crippen LogP contribution in [0.2, 0.25) is 0 Å². The Morgan fingerprint density at radius 1 is 1.57 bits per heavy atom. The van der Waals surface area contributed by atoms with Gasteiger partial charge in [0.25, 0.3) is 0 Å². The van der Waals surface area contributed by atoms with Gasteiger partial charge in [-0.15, -0.1) is 0 Å². The summed E-state index contributed by atoms with van der Waals surface area (Å²) in [6, 6.07) is 1.36. The zero-order valence-corrected chi connectivity index (χ0v) is 13.7. The summed E-state index contributed by atoms with van der Waals surface area (Å²) in [4.78, 5) is 11.2.